The minimum Gasteiger partial charge on any atom is -0.459 e. The van der Waals surface area contributed by atoms with Crippen LogP contribution in [0, 0.1) is 5.82 Å². The summed E-state index contributed by atoms with van der Waals surface area (Å²) in [5.41, 5.74) is 0.938. The van der Waals surface area contributed by atoms with E-state index in [1.54, 1.807) is 12.1 Å². The van der Waals surface area contributed by atoms with Crippen molar-refractivity contribution in [2.45, 2.75) is 22.9 Å². The normalized spacial score (nSPS) is 12.6. The number of aromatic nitrogens is 1. The lowest BCUT2D eigenvalue weighted by atomic mass is 10.1. The van der Waals surface area contributed by atoms with Crippen molar-refractivity contribution in [3.63, 3.8) is 0 Å². The number of rotatable bonds is 6. The van der Waals surface area contributed by atoms with Gasteiger partial charge in [-0.15, -0.1) is 0 Å². The van der Waals surface area contributed by atoms with E-state index in [4.69, 9.17) is 8.83 Å². The highest BCUT2D eigenvalue weighted by Crippen LogP contribution is 2.34. The predicted octanol–water partition coefficient (Wildman–Crippen LogP) is 5.08. The molecule has 1 N–H and O–H groups in total. The number of furan rings is 1. The largest absolute Gasteiger partial charge is 0.459 e. The maximum atomic E-state index is 13.3. The number of oxazole rings is 1. The molecule has 0 spiro atoms. The van der Waals surface area contributed by atoms with Gasteiger partial charge in [0.2, 0.25) is 20.7 Å². The fourth-order valence-electron chi connectivity index (χ4n) is 2.83. The lowest BCUT2D eigenvalue weighted by Gasteiger charge is -2.14. The maximum absolute atomic E-state index is 13.3. The van der Waals surface area contributed by atoms with Crippen LogP contribution in [0.15, 0.2) is 91.7 Å². The highest BCUT2D eigenvalue weighted by atomic mass is 32.2. The van der Waals surface area contributed by atoms with Gasteiger partial charge in [0.25, 0.3) is 5.89 Å². The van der Waals surface area contributed by atoms with Crippen molar-refractivity contribution in [2.24, 2.45) is 0 Å². The van der Waals surface area contributed by atoms with Crippen LogP contribution >= 0.6 is 0 Å². The quantitative estimate of drug-likeness (QED) is 0.445. The van der Waals surface area contributed by atoms with Crippen molar-refractivity contribution >= 4 is 15.7 Å². The Morgan fingerprint density at radius 2 is 1.72 bits per heavy atom. The van der Waals surface area contributed by atoms with E-state index in [1.165, 1.54) is 18.4 Å². The monoisotopic (exact) mass is 412 g/mol. The zero-order chi connectivity index (χ0) is 20.4. The van der Waals surface area contributed by atoms with Crippen LogP contribution in [0.2, 0.25) is 0 Å². The fraction of sp³-hybridized carbons (Fsp3) is 0.0952. The predicted molar refractivity (Wildman–Crippen MR) is 105 cm³/mol. The van der Waals surface area contributed by atoms with Gasteiger partial charge in [-0.25, -0.2) is 12.8 Å². The third-order valence-electron chi connectivity index (χ3n) is 4.35. The van der Waals surface area contributed by atoms with E-state index in [0.717, 1.165) is 17.7 Å². The zero-order valence-electron chi connectivity index (χ0n) is 15.4. The van der Waals surface area contributed by atoms with Crippen LogP contribution in [0.4, 0.5) is 10.3 Å². The molecule has 4 aromatic rings. The van der Waals surface area contributed by atoms with E-state index in [0.29, 0.717) is 5.76 Å². The molecule has 29 heavy (non-hydrogen) atoms. The first-order valence-corrected chi connectivity index (χ1v) is 10.3. The number of sulfone groups is 1. The molecule has 148 valence electrons. The Bertz CT molecular complexity index is 1200. The molecule has 4 rings (SSSR count). The highest BCUT2D eigenvalue weighted by molar-refractivity contribution is 7.91. The van der Waals surface area contributed by atoms with Gasteiger partial charge in [-0.2, -0.15) is 4.98 Å². The first-order chi connectivity index (χ1) is 13.9. The summed E-state index contributed by atoms with van der Waals surface area (Å²) in [4.78, 5) is 4.08. The standard InChI is InChI=1S/C21H17FN2O4S/c1-14(15-6-3-2-4-7-15)23-20-21(24-19(28-20)18-8-5-13-27-18)29(25,26)17-11-9-16(22)10-12-17/h2-14,23H,1H3. The van der Waals surface area contributed by atoms with E-state index in [9.17, 15) is 12.8 Å². The van der Waals surface area contributed by atoms with Crippen LogP contribution < -0.4 is 5.32 Å². The van der Waals surface area contributed by atoms with Gasteiger partial charge in [-0.1, -0.05) is 30.3 Å². The van der Waals surface area contributed by atoms with Gasteiger partial charge in [0, 0.05) is 0 Å². The Kier molecular flexibility index (Phi) is 4.94. The second kappa shape index (κ2) is 7.56. The summed E-state index contributed by atoms with van der Waals surface area (Å²) in [6, 6.07) is 17.0. The summed E-state index contributed by atoms with van der Waals surface area (Å²) in [5, 5.41) is 2.78. The summed E-state index contributed by atoms with van der Waals surface area (Å²) in [5.74, 6) is -0.229. The number of hydrogen-bond acceptors (Lipinski definition) is 6. The number of halogens is 1. The van der Waals surface area contributed by atoms with E-state index in [2.05, 4.69) is 10.3 Å². The Morgan fingerprint density at radius 3 is 2.38 bits per heavy atom. The highest BCUT2D eigenvalue weighted by Gasteiger charge is 2.30. The molecule has 1 atom stereocenters. The van der Waals surface area contributed by atoms with Crippen LogP contribution in [0.3, 0.4) is 0 Å². The average Bonchev–Trinajstić information content (AvgIpc) is 3.39. The van der Waals surface area contributed by atoms with E-state index in [-0.39, 0.29) is 27.7 Å². The van der Waals surface area contributed by atoms with E-state index >= 15 is 0 Å². The van der Waals surface area contributed by atoms with Gasteiger partial charge in [-0.05, 0) is 48.9 Å². The molecule has 2 aromatic heterocycles. The third-order valence-corrected chi connectivity index (χ3v) is 6.03. The lowest BCUT2D eigenvalue weighted by molar-refractivity contribution is 0.520. The fourth-order valence-corrected chi connectivity index (χ4v) is 4.10. The van der Waals surface area contributed by atoms with Crippen LogP contribution in [0.25, 0.3) is 11.7 Å². The first-order valence-electron chi connectivity index (χ1n) is 8.82. The van der Waals surface area contributed by atoms with Gasteiger partial charge < -0.3 is 14.2 Å². The molecule has 0 aliphatic rings. The molecule has 2 aromatic carbocycles. The molecular formula is C21H17FN2O4S. The molecule has 2 heterocycles. The second-order valence-corrected chi connectivity index (χ2v) is 8.23. The van der Waals surface area contributed by atoms with Crippen molar-refractivity contribution in [1.82, 2.24) is 4.98 Å². The van der Waals surface area contributed by atoms with E-state index < -0.39 is 15.7 Å². The molecule has 0 aliphatic heterocycles. The molecule has 8 heteroatoms. The molecular weight excluding hydrogens is 395 g/mol. The van der Waals surface area contributed by atoms with Crippen molar-refractivity contribution in [3.8, 4) is 11.7 Å². The molecule has 0 saturated carbocycles. The molecule has 1 unspecified atom stereocenters. The van der Waals surface area contributed by atoms with Crippen molar-refractivity contribution in [2.75, 3.05) is 5.32 Å². The summed E-state index contributed by atoms with van der Waals surface area (Å²) < 4.78 is 50.6. The van der Waals surface area contributed by atoms with Gasteiger partial charge in [-0.3, -0.25) is 0 Å². The molecule has 0 fully saturated rings. The van der Waals surface area contributed by atoms with Crippen molar-refractivity contribution in [3.05, 3.63) is 84.4 Å². The number of nitrogens with zero attached hydrogens (tertiary/aromatic N) is 1. The van der Waals surface area contributed by atoms with Crippen LogP contribution in [0.5, 0.6) is 0 Å². The maximum Gasteiger partial charge on any atom is 0.266 e. The summed E-state index contributed by atoms with van der Waals surface area (Å²) in [7, 11) is -4.06. The Morgan fingerprint density at radius 1 is 1.00 bits per heavy atom. The van der Waals surface area contributed by atoms with E-state index in [1.807, 2.05) is 37.3 Å². The minimum absolute atomic E-state index is 0.0166. The van der Waals surface area contributed by atoms with Gasteiger partial charge >= 0.3 is 0 Å². The van der Waals surface area contributed by atoms with Crippen LogP contribution in [0.1, 0.15) is 18.5 Å². The molecule has 0 amide bonds. The van der Waals surface area contributed by atoms with Crippen molar-refractivity contribution < 1.29 is 21.6 Å². The summed E-state index contributed by atoms with van der Waals surface area (Å²) >= 11 is 0. The number of hydrogen-bond donors (Lipinski definition) is 1. The Hall–Kier alpha value is -3.39. The Labute approximate surface area is 166 Å². The third kappa shape index (κ3) is 3.79. The topological polar surface area (TPSA) is 85.3 Å². The smallest absolute Gasteiger partial charge is 0.266 e. The molecule has 0 bridgehead atoms. The van der Waals surface area contributed by atoms with Gasteiger partial charge in [0.05, 0.1) is 17.2 Å². The van der Waals surface area contributed by atoms with Gasteiger partial charge in [0.1, 0.15) is 5.82 Å². The Balaban J connectivity index is 1.78. The molecule has 0 aliphatic carbocycles. The number of benzene rings is 2. The average molecular weight is 412 g/mol. The van der Waals surface area contributed by atoms with Crippen LogP contribution in [-0.2, 0) is 9.84 Å². The summed E-state index contributed by atoms with van der Waals surface area (Å²) in [6.45, 7) is 1.87. The first kappa shape index (κ1) is 18.9. The second-order valence-electron chi connectivity index (χ2n) is 6.36. The summed E-state index contributed by atoms with van der Waals surface area (Å²) in [6.07, 6.45) is 1.44. The number of anilines is 1. The van der Waals surface area contributed by atoms with Crippen molar-refractivity contribution in [1.29, 1.82) is 0 Å². The minimum atomic E-state index is -4.06. The molecule has 0 radical (unpaired) electrons. The SMILES string of the molecule is CC(Nc1oc(-c2ccco2)nc1S(=O)(=O)c1ccc(F)cc1)c1ccccc1. The lowest BCUT2D eigenvalue weighted by Crippen LogP contribution is -2.10. The van der Waals surface area contributed by atoms with Crippen LogP contribution in [-0.4, -0.2) is 13.4 Å². The molecule has 6 nitrogen and oxygen atoms in total. The van der Waals surface area contributed by atoms with Gasteiger partial charge in [0.15, 0.2) is 5.76 Å². The zero-order valence-corrected chi connectivity index (χ0v) is 16.2. The molecule has 0 saturated heterocycles. The number of nitrogens with one attached hydrogen (secondary N) is 1.